The van der Waals surface area contributed by atoms with Gasteiger partial charge in [-0.3, -0.25) is 0 Å². The molecule has 38 heavy (non-hydrogen) atoms. The molecule has 8 heteroatoms. The summed E-state index contributed by atoms with van der Waals surface area (Å²) in [4.78, 5) is 0. The van der Waals surface area contributed by atoms with Crippen LogP contribution >= 0.6 is 23.5 Å². The molecule has 3 rings (SSSR count). The van der Waals surface area contributed by atoms with Crippen molar-refractivity contribution < 1.29 is 29.2 Å². The molecular formula is C30H48O6S2. The van der Waals surface area contributed by atoms with E-state index in [1.54, 1.807) is 14.2 Å². The molecule has 2 saturated heterocycles. The van der Waals surface area contributed by atoms with E-state index in [1.807, 2.05) is 53.9 Å². The lowest BCUT2D eigenvalue weighted by Gasteiger charge is -2.39. The predicted molar refractivity (Wildman–Crippen MR) is 158 cm³/mol. The van der Waals surface area contributed by atoms with Gasteiger partial charge in [-0.05, 0) is 80.1 Å². The fraction of sp³-hybridized carbons (Fsp3) is 0.733. The minimum absolute atomic E-state index is 0.0207. The van der Waals surface area contributed by atoms with Crippen LogP contribution in [0.2, 0.25) is 0 Å². The Balaban J connectivity index is 1.43. The first-order valence-electron chi connectivity index (χ1n) is 14.1. The van der Waals surface area contributed by atoms with Crippen molar-refractivity contribution in [1.29, 1.82) is 0 Å². The second-order valence-electron chi connectivity index (χ2n) is 10.5. The number of ether oxygens (including phenoxy) is 4. The summed E-state index contributed by atoms with van der Waals surface area (Å²) < 4.78 is 23.5. The van der Waals surface area contributed by atoms with Crippen molar-refractivity contribution in [2.75, 3.05) is 38.9 Å². The number of aliphatic hydroxyl groups excluding tert-OH is 2. The average Bonchev–Trinajstić information content (AvgIpc) is 2.93. The van der Waals surface area contributed by atoms with Crippen LogP contribution in [0, 0.1) is 5.92 Å². The number of thioether (sulfide) groups is 2. The largest absolute Gasteiger partial charge is 0.497 e. The van der Waals surface area contributed by atoms with E-state index in [4.69, 9.17) is 24.1 Å². The fourth-order valence-electron chi connectivity index (χ4n) is 5.28. The summed E-state index contributed by atoms with van der Waals surface area (Å²) in [6.45, 7) is 3.59. The standard InChI is InChI=1S/C30H48O6S2/c1-23-7-10-27(13-16-35-22-24-8-11-26(33-2)12-9-24)36-29(23)20-28(34-3)19-25(32)21-30(14-4-5-15-31)37-17-6-18-38-30/h4-5,8-9,11-12,23,25,27-29,31-32H,6-7,10,13-22H2,1-3H3/b5-4-/t23-,25+,27-,28-,29+/m0/s1. The van der Waals surface area contributed by atoms with Crippen molar-refractivity contribution in [3.8, 4) is 5.75 Å². The van der Waals surface area contributed by atoms with Gasteiger partial charge >= 0.3 is 0 Å². The number of hydrogen-bond acceptors (Lipinski definition) is 8. The molecule has 6 nitrogen and oxygen atoms in total. The summed E-state index contributed by atoms with van der Waals surface area (Å²) >= 11 is 3.91. The van der Waals surface area contributed by atoms with Gasteiger partial charge in [-0.15, -0.1) is 23.5 Å². The van der Waals surface area contributed by atoms with Crippen molar-refractivity contribution in [2.24, 2.45) is 5.92 Å². The van der Waals surface area contributed by atoms with Crippen LogP contribution < -0.4 is 4.74 Å². The molecule has 0 unspecified atom stereocenters. The van der Waals surface area contributed by atoms with Crippen LogP contribution in [0.4, 0.5) is 0 Å². The van der Waals surface area contributed by atoms with Gasteiger partial charge in [-0.2, -0.15) is 0 Å². The molecule has 1 aromatic rings. The number of allylic oxidation sites excluding steroid dienone is 1. The number of rotatable bonds is 16. The molecule has 0 spiro atoms. The lowest BCUT2D eigenvalue weighted by Crippen LogP contribution is -2.38. The molecule has 0 radical (unpaired) electrons. The number of methoxy groups -OCH3 is 2. The highest BCUT2D eigenvalue weighted by atomic mass is 32.2. The van der Waals surface area contributed by atoms with E-state index < -0.39 is 6.10 Å². The maximum atomic E-state index is 11.1. The Morgan fingerprint density at radius 3 is 2.58 bits per heavy atom. The van der Waals surface area contributed by atoms with Gasteiger partial charge in [0.2, 0.25) is 0 Å². The Bertz CT molecular complexity index is 798. The van der Waals surface area contributed by atoms with Crippen LogP contribution in [0.1, 0.15) is 63.9 Å². The maximum absolute atomic E-state index is 11.1. The number of hydrogen-bond donors (Lipinski definition) is 2. The summed E-state index contributed by atoms with van der Waals surface area (Å²) in [6, 6.07) is 7.98. The molecule has 1 aromatic carbocycles. The molecule has 2 aliphatic rings. The Hall–Kier alpha value is -0.740. The Labute approximate surface area is 238 Å². The van der Waals surface area contributed by atoms with Gasteiger partial charge < -0.3 is 29.2 Å². The average molecular weight is 569 g/mol. The lowest BCUT2D eigenvalue weighted by atomic mass is 9.88. The molecule has 0 aromatic heterocycles. The highest BCUT2D eigenvalue weighted by Crippen LogP contribution is 2.48. The minimum atomic E-state index is -0.429. The van der Waals surface area contributed by atoms with Gasteiger partial charge in [0.05, 0.1) is 48.8 Å². The smallest absolute Gasteiger partial charge is 0.118 e. The van der Waals surface area contributed by atoms with E-state index in [0.29, 0.717) is 25.6 Å². The second kappa shape index (κ2) is 17.2. The molecule has 0 amide bonds. The van der Waals surface area contributed by atoms with Crippen molar-refractivity contribution in [2.45, 2.75) is 93.4 Å². The molecule has 2 aliphatic heterocycles. The highest BCUT2D eigenvalue weighted by Gasteiger charge is 2.36. The predicted octanol–water partition coefficient (Wildman–Crippen LogP) is 5.84. The maximum Gasteiger partial charge on any atom is 0.118 e. The zero-order valence-corrected chi connectivity index (χ0v) is 25.0. The Kier molecular flexibility index (Phi) is 14.3. The Morgan fingerprint density at radius 1 is 1.13 bits per heavy atom. The van der Waals surface area contributed by atoms with Crippen LogP contribution in [0.15, 0.2) is 36.4 Å². The van der Waals surface area contributed by atoms with Crippen molar-refractivity contribution in [1.82, 2.24) is 0 Å². The fourth-order valence-corrected chi connectivity index (χ4v) is 8.66. The van der Waals surface area contributed by atoms with Gasteiger partial charge in [-0.25, -0.2) is 0 Å². The molecule has 0 bridgehead atoms. The first kappa shape index (κ1) is 31.8. The lowest BCUT2D eigenvalue weighted by molar-refractivity contribution is -0.111. The molecule has 0 aliphatic carbocycles. The third kappa shape index (κ3) is 10.7. The monoisotopic (exact) mass is 568 g/mol. The summed E-state index contributed by atoms with van der Waals surface area (Å²) in [6.07, 6.45) is 11.0. The van der Waals surface area contributed by atoms with Gasteiger partial charge in [0.1, 0.15) is 5.75 Å². The third-order valence-corrected chi connectivity index (χ3v) is 11.0. The summed E-state index contributed by atoms with van der Waals surface area (Å²) in [7, 11) is 3.42. The van der Waals surface area contributed by atoms with Crippen LogP contribution in [-0.4, -0.2) is 77.6 Å². The van der Waals surface area contributed by atoms with Crippen LogP contribution in [-0.2, 0) is 20.8 Å². The van der Waals surface area contributed by atoms with Gasteiger partial charge in [0, 0.05) is 20.1 Å². The summed E-state index contributed by atoms with van der Waals surface area (Å²) in [5.41, 5.74) is 1.14. The number of aliphatic hydroxyl groups is 2. The quantitative estimate of drug-likeness (QED) is 0.190. The first-order chi connectivity index (χ1) is 18.5. The molecule has 2 fully saturated rings. The topological polar surface area (TPSA) is 77.4 Å². The molecule has 216 valence electrons. The SMILES string of the molecule is COc1ccc(COCC[C@@H]2CC[C@H](C)[C@@H](C[C@H](C[C@@H](O)CC3(C/C=C\CO)SCCCS3)OC)O2)cc1. The van der Waals surface area contributed by atoms with Crippen molar-refractivity contribution in [3.05, 3.63) is 42.0 Å². The molecule has 0 saturated carbocycles. The van der Waals surface area contributed by atoms with Crippen LogP contribution in [0.5, 0.6) is 5.75 Å². The van der Waals surface area contributed by atoms with Crippen molar-refractivity contribution >= 4 is 23.5 Å². The molecular weight excluding hydrogens is 520 g/mol. The van der Waals surface area contributed by atoms with Crippen molar-refractivity contribution in [3.63, 3.8) is 0 Å². The van der Waals surface area contributed by atoms with E-state index in [2.05, 4.69) is 13.0 Å². The number of benzene rings is 1. The first-order valence-corrected chi connectivity index (χ1v) is 16.0. The molecule has 5 atom stereocenters. The van der Waals surface area contributed by atoms with Crippen LogP contribution in [0.3, 0.4) is 0 Å². The van der Waals surface area contributed by atoms with E-state index in [9.17, 15) is 5.11 Å². The van der Waals surface area contributed by atoms with E-state index >= 15 is 0 Å². The molecule has 2 N–H and O–H groups in total. The normalized spacial score (nSPS) is 25.3. The highest BCUT2D eigenvalue weighted by molar-refractivity contribution is 8.18. The summed E-state index contributed by atoms with van der Waals surface area (Å²) in [5.74, 6) is 3.58. The van der Waals surface area contributed by atoms with E-state index in [-0.39, 0.29) is 29.0 Å². The Morgan fingerprint density at radius 2 is 1.89 bits per heavy atom. The zero-order chi connectivity index (χ0) is 27.2. The minimum Gasteiger partial charge on any atom is -0.497 e. The van der Waals surface area contributed by atoms with E-state index in [1.165, 1.54) is 6.42 Å². The second-order valence-corrected chi connectivity index (χ2v) is 13.8. The molecule has 2 heterocycles. The zero-order valence-electron chi connectivity index (χ0n) is 23.4. The summed E-state index contributed by atoms with van der Waals surface area (Å²) in [5, 5.41) is 20.2. The van der Waals surface area contributed by atoms with Gasteiger partial charge in [-0.1, -0.05) is 31.2 Å². The van der Waals surface area contributed by atoms with Gasteiger partial charge in [0.25, 0.3) is 0 Å². The van der Waals surface area contributed by atoms with Crippen LogP contribution in [0.25, 0.3) is 0 Å². The van der Waals surface area contributed by atoms with E-state index in [0.717, 1.165) is 61.3 Å². The van der Waals surface area contributed by atoms with Gasteiger partial charge in [0.15, 0.2) is 0 Å². The third-order valence-electron chi connectivity index (χ3n) is 7.59.